The van der Waals surface area contributed by atoms with Crippen LogP contribution in [0, 0.1) is 12.3 Å². The van der Waals surface area contributed by atoms with Crippen LogP contribution in [0.2, 0.25) is 0 Å². The van der Waals surface area contributed by atoms with Crippen molar-refractivity contribution in [2.75, 3.05) is 13.2 Å². The monoisotopic (exact) mass is 347 g/mol. The minimum absolute atomic E-state index is 0.285. The summed E-state index contributed by atoms with van der Waals surface area (Å²) in [7, 11) is 0. The van der Waals surface area contributed by atoms with Crippen molar-refractivity contribution < 1.29 is 4.74 Å². The Morgan fingerprint density at radius 3 is 3.10 bits per heavy atom. The van der Waals surface area contributed by atoms with Crippen LogP contribution in [0.4, 0.5) is 0 Å². The quantitative estimate of drug-likeness (QED) is 0.570. The van der Waals surface area contributed by atoms with Crippen LogP contribution >= 0.6 is 15.9 Å². The number of benzene rings is 1. The first-order valence-electron chi connectivity index (χ1n) is 6.83. The van der Waals surface area contributed by atoms with Crippen LogP contribution in [-0.2, 0) is 13.0 Å². The Balaban J connectivity index is 1.78. The van der Waals surface area contributed by atoms with Crippen molar-refractivity contribution >= 4 is 15.9 Å². The molecule has 0 aliphatic heterocycles. The molecule has 1 aromatic carbocycles. The average Bonchev–Trinajstić information content (AvgIpc) is 2.99. The number of halogens is 1. The number of aromatic amines is 1. The summed E-state index contributed by atoms with van der Waals surface area (Å²) in [4.78, 5) is 7.30. The Morgan fingerprint density at radius 2 is 2.33 bits per heavy atom. The summed E-state index contributed by atoms with van der Waals surface area (Å²) in [5.41, 5.74) is 1.10. The van der Waals surface area contributed by atoms with E-state index in [9.17, 15) is 0 Å². The number of nitrogens with zero attached hydrogens (tertiary/aromatic N) is 1. The maximum absolute atomic E-state index is 5.55. The third-order valence-electron chi connectivity index (χ3n) is 2.97. The highest BCUT2D eigenvalue weighted by Gasteiger charge is 2.04. The van der Waals surface area contributed by atoms with Crippen LogP contribution in [0.25, 0.3) is 0 Å². The van der Waals surface area contributed by atoms with Crippen molar-refractivity contribution in [1.82, 2.24) is 15.3 Å². The van der Waals surface area contributed by atoms with Gasteiger partial charge < -0.3 is 15.0 Å². The lowest BCUT2D eigenvalue weighted by atomic mass is 10.2. The molecule has 0 bridgehead atoms. The van der Waals surface area contributed by atoms with Crippen LogP contribution in [0.1, 0.15) is 17.8 Å². The van der Waals surface area contributed by atoms with E-state index in [1.807, 2.05) is 24.4 Å². The highest BCUT2D eigenvalue weighted by molar-refractivity contribution is 9.10. The highest BCUT2D eigenvalue weighted by atomic mass is 79.9. The van der Waals surface area contributed by atoms with Crippen molar-refractivity contribution in [2.24, 2.45) is 0 Å². The van der Waals surface area contributed by atoms with Gasteiger partial charge in [-0.1, -0.05) is 21.9 Å². The van der Waals surface area contributed by atoms with E-state index >= 15 is 0 Å². The molecule has 2 N–H and O–H groups in total. The Hall–Kier alpha value is -1.77. The Morgan fingerprint density at radius 1 is 1.43 bits per heavy atom. The van der Waals surface area contributed by atoms with Crippen molar-refractivity contribution in [3.05, 3.63) is 46.5 Å². The van der Waals surface area contributed by atoms with Gasteiger partial charge in [0.05, 0.1) is 0 Å². The zero-order valence-corrected chi connectivity index (χ0v) is 13.3. The molecule has 2 aromatic rings. The zero-order valence-electron chi connectivity index (χ0n) is 11.7. The summed E-state index contributed by atoms with van der Waals surface area (Å²) in [6.07, 6.45) is 10.8. The normalized spacial score (nSPS) is 10.3. The maximum Gasteiger partial charge on any atom is 0.148 e. The van der Waals surface area contributed by atoms with Crippen LogP contribution < -0.4 is 10.1 Å². The van der Waals surface area contributed by atoms with Gasteiger partial charge in [0.1, 0.15) is 18.2 Å². The molecule has 0 saturated heterocycles. The average molecular weight is 348 g/mol. The number of terminal acetylenes is 1. The van der Waals surface area contributed by atoms with Crippen molar-refractivity contribution in [2.45, 2.75) is 19.4 Å². The van der Waals surface area contributed by atoms with E-state index in [2.05, 4.69) is 37.1 Å². The molecule has 2 rings (SSSR count). The lowest BCUT2D eigenvalue weighted by Gasteiger charge is -2.11. The molecule has 0 spiro atoms. The van der Waals surface area contributed by atoms with Crippen LogP contribution in [0.3, 0.4) is 0 Å². The summed E-state index contributed by atoms with van der Waals surface area (Å²) >= 11 is 3.48. The molecular formula is C16H18BrN3O. The first-order valence-corrected chi connectivity index (χ1v) is 7.62. The number of H-pyrrole nitrogens is 1. The largest absolute Gasteiger partial charge is 0.481 e. The number of hydrogen-bond acceptors (Lipinski definition) is 3. The Bertz CT molecular complexity index is 590. The van der Waals surface area contributed by atoms with E-state index in [1.54, 1.807) is 6.20 Å². The van der Waals surface area contributed by atoms with Gasteiger partial charge in [-0.05, 0) is 31.2 Å². The Labute approximate surface area is 133 Å². The number of aromatic nitrogens is 2. The van der Waals surface area contributed by atoms with Gasteiger partial charge in [-0.3, -0.25) is 0 Å². The fourth-order valence-corrected chi connectivity index (χ4v) is 2.39. The topological polar surface area (TPSA) is 49.9 Å². The molecular weight excluding hydrogens is 330 g/mol. The number of rotatable bonds is 8. The fourth-order valence-electron chi connectivity index (χ4n) is 1.98. The molecule has 0 aliphatic carbocycles. The standard InChI is InChI=1S/C16H18BrN3O/c1-2-10-21-15-6-5-14(17)11-13(15)12-18-7-3-4-16-19-8-9-20-16/h1,5-6,8-9,11,18H,3-4,7,10,12H2,(H,19,20). The SMILES string of the molecule is C#CCOc1ccc(Br)cc1CNCCCc1ncc[nH]1. The second-order valence-corrected chi connectivity index (χ2v) is 5.48. The van der Waals surface area contributed by atoms with Gasteiger partial charge in [-0.25, -0.2) is 4.98 Å². The molecule has 0 saturated carbocycles. The van der Waals surface area contributed by atoms with E-state index in [4.69, 9.17) is 11.2 Å². The van der Waals surface area contributed by atoms with Gasteiger partial charge in [0.2, 0.25) is 0 Å². The third kappa shape index (κ3) is 5.25. The first kappa shape index (κ1) is 15.6. The molecule has 0 radical (unpaired) electrons. The van der Waals surface area contributed by atoms with Crippen molar-refractivity contribution in [1.29, 1.82) is 0 Å². The number of hydrogen-bond donors (Lipinski definition) is 2. The van der Waals surface area contributed by atoms with Gasteiger partial charge in [-0.2, -0.15) is 0 Å². The first-order chi connectivity index (χ1) is 10.3. The molecule has 4 nitrogen and oxygen atoms in total. The van der Waals surface area contributed by atoms with Crippen LogP contribution in [-0.4, -0.2) is 23.1 Å². The number of nitrogens with one attached hydrogen (secondary N) is 2. The number of imidazole rings is 1. The maximum atomic E-state index is 5.55. The lowest BCUT2D eigenvalue weighted by Crippen LogP contribution is -2.16. The zero-order chi connectivity index (χ0) is 14.9. The summed E-state index contributed by atoms with van der Waals surface area (Å²) < 4.78 is 6.58. The predicted molar refractivity (Wildman–Crippen MR) is 87.1 cm³/mol. The predicted octanol–water partition coefficient (Wildman–Crippen LogP) is 2.91. The van der Waals surface area contributed by atoms with E-state index in [1.165, 1.54) is 0 Å². The second kappa shape index (κ2) is 8.50. The molecule has 5 heteroatoms. The van der Waals surface area contributed by atoms with Crippen molar-refractivity contribution in [3.63, 3.8) is 0 Å². The van der Waals surface area contributed by atoms with Gasteiger partial charge in [0.25, 0.3) is 0 Å². The van der Waals surface area contributed by atoms with E-state index < -0.39 is 0 Å². The summed E-state index contributed by atoms with van der Waals surface area (Å²) in [5, 5.41) is 3.41. The van der Waals surface area contributed by atoms with Crippen LogP contribution in [0.5, 0.6) is 5.75 Å². The summed E-state index contributed by atoms with van der Waals surface area (Å²) in [6.45, 7) is 1.95. The smallest absolute Gasteiger partial charge is 0.148 e. The summed E-state index contributed by atoms with van der Waals surface area (Å²) in [5.74, 6) is 4.34. The van der Waals surface area contributed by atoms with E-state index in [-0.39, 0.29) is 6.61 Å². The highest BCUT2D eigenvalue weighted by Crippen LogP contribution is 2.23. The molecule has 110 valence electrons. The molecule has 0 amide bonds. The van der Waals surface area contributed by atoms with Gasteiger partial charge in [-0.15, -0.1) is 6.42 Å². The molecule has 0 unspecified atom stereocenters. The lowest BCUT2D eigenvalue weighted by molar-refractivity contribution is 0.364. The summed E-state index contributed by atoms with van der Waals surface area (Å²) in [6, 6.07) is 5.93. The molecule has 0 atom stereocenters. The van der Waals surface area contributed by atoms with Crippen LogP contribution in [0.15, 0.2) is 35.1 Å². The number of ether oxygens (including phenoxy) is 1. The van der Waals surface area contributed by atoms with E-state index in [0.29, 0.717) is 0 Å². The molecule has 0 aliphatic rings. The third-order valence-corrected chi connectivity index (χ3v) is 3.46. The second-order valence-electron chi connectivity index (χ2n) is 4.56. The Kier molecular flexibility index (Phi) is 6.32. The van der Waals surface area contributed by atoms with Crippen molar-refractivity contribution in [3.8, 4) is 18.1 Å². The minimum Gasteiger partial charge on any atom is -0.481 e. The van der Waals surface area contributed by atoms with E-state index in [0.717, 1.165) is 47.5 Å². The molecule has 1 heterocycles. The minimum atomic E-state index is 0.285. The number of aryl methyl sites for hydroxylation is 1. The van der Waals surface area contributed by atoms with Gasteiger partial charge in [0.15, 0.2) is 0 Å². The molecule has 1 aromatic heterocycles. The van der Waals surface area contributed by atoms with Gasteiger partial charge in [0, 0.05) is 35.4 Å². The molecule has 0 fully saturated rings. The van der Waals surface area contributed by atoms with Gasteiger partial charge >= 0.3 is 0 Å². The fraction of sp³-hybridized carbons (Fsp3) is 0.312. The molecule has 21 heavy (non-hydrogen) atoms.